The number of rotatable bonds is 6. The van der Waals surface area contributed by atoms with Crippen molar-refractivity contribution in [3.05, 3.63) is 0 Å². The predicted octanol–water partition coefficient (Wildman–Crippen LogP) is -0.208. The second-order valence-corrected chi connectivity index (χ2v) is 6.00. The quantitative estimate of drug-likeness (QED) is 0.736. The summed E-state index contributed by atoms with van der Waals surface area (Å²) >= 11 is 0. The number of nitrogens with zero attached hydrogens (tertiary/aromatic N) is 2. The van der Waals surface area contributed by atoms with E-state index in [2.05, 4.69) is 22.2 Å². The Morgan fingerprint density at radius 2 is 2.10 bits per heavy atom. The van der Waals surface area contributed by atoms with Crippen molar-refractivity contribution >= 4 is 5.91 Å². The van der Waals surface area contributed by atoms with Crippen LogP contribution in [0.3, 0.4) is 0 Å². The molecular weight excluding hydrogens is 270 g/mol. The highest BCUT2D eigenvalue weighted by Crippen LogP contribution is 2.22. The van der Waals surface area contributed by atoms with Crippen molar-refractivity contribution in [3.8, 4) is 0 Å². The molecule has 2 aliphatic heterocycles. The maximum Gasteiger partial charge on any atom is 0.224 e. The van der Waals surface area contributed by atoms with Crippen molar-refractivity contribution in [3.63, 3.8) is 0 Å². The van der Waals surface area contributed by atoms with Crippen LogP contribution in [-0.2, 0) is 14.3 Å². The van der Waals surface area contributed by atoms with Crippen molar-refractivity contribution < 1.29 is 14.3 Å². The summed E-state index contributed by atoms with van der Waals surface area (Å²) in [6.07, 6.45) is 2.04. The number of piperidine rings is 1. The van der Waals surface area contributed by atoms with Gasteiger partial charge in [-0.05, 0) is 26.4 Å². The van der Waals surface area contributed by atoms with E-state index in [1.54, 1.807) is 7.11 Å². The maximum absolute atomic E-state index is 12.4. The van der Waals surface area contributed by atoms with Gasteiger partial charge in [-0.3, -0.25) is 9.69 Å². The normalized spacial score (nSPS) is 28.5. The van der Waals surface area contributed by atoms with Crippen LogP contribution < -0.4 is 5.32 Å². The lowest BCUT2D eigenvalue weighted by Crippen LogP contribution is -2.52. The summed E-state index contributed by atoms with van der Waals surface area (Å²) in [6, 6.07) is 0.201. The van der Waals surface area contributed by atoms with Crippen LogP contribution in [0.25, 0.3) is 0 Å². The number of carbonyl (C=O) groups is 1. The molecule has 0 saturated carbocycles. The molecule has 2 atom stereocenters. The maximum atomic E-state index is 12.4. The summed E-state index contributed by atoms with van der Waals surface area (Å²) in [4.78, 5) is 17.0. The Kier molecular flexibility index (Phi) is 6.89. The van der Waals surface area contributed by atoms with Crippen LogP contribution in [0, 0.1) is 5.92 Å². The molecule has 2 fully saturated rings. The summed E-state index contributed by atoms with van der Waals surface area (Å²) < 4.78 is 10.6. The largest absolute Gasteiger partial charge is 0.383 e. The first-order valence-corrected chi connectivity index (χ1v) is 7.99. The molecule has 122 valence electrons. The van der Waals surface area contributed by atoms with E-state index in [-0.39, 0.29) is 17.9 Å². The molecule has 2 rings (SSSR count). The van der Waals surface area contributed by atoms with Crippen molar-refractivity contribution in [2.75, 3.05) is 66.7 Å². The molecule has 0 spiro atoms. The van der Waals surface area contributed by atoms with E-state index in [9.17, 15) is 4.79 Å². The summed E-state index contributed by atoms with van der Waals surface area (Å²) in [5.41, 5.74) is 0. The Labute approximate surface area is 127 Å². The van der Waals surface area contributed by atoms with Gasteiger partial charge in [-0.1, -0.05) is 0 Å². The fourth-order valence-electron chi connectivity index (χ4n) is 3.24. The summed E-state index contributed by atoms with van der Waals surface area (Å²) in [7, 11) is 3.78. The average Bonchev–Trinajstić information content (AvgIpc) is 2.50. The van der Waals surface area contributed by atoms with Gasteiger partial charge in [0.1, 0.15) is 0 Å². The summed E-state index contributed by atoms with van der Waals surface area (Å²) in [5.74, 6) is 0.227. The molecule has 0 bridgehead atoms. The number of morpholine rings is 1. The smallest absolute Gasteiger partial charge is 0.224 e. The third kappa shape index (κ3) is 4.92. The molecule has 1 amide bonds. The molecule has 1 N–H and O–H groups in total. The van der Waals surface area contributed by atoms with Crippen LogP contribution in [0.15, 0.2) is 0 Å². The number of ether oxygens (including phenoxy) is 2. The SMILES string of the molecule is COC[C@@H]1[C@H](C(=O)NCCN2CCOCC2)CCCN1C. The van der Waals surface area contributed by atoms with E-state index < -0.39 is 0 Å². The van der Waals surface area contributed by atoms with E-state index in [1.165, 1.54) is 0 Å². The molecular formula is C15H29N3O3. The van der Waals surface area contributed by atoms with Crippen LogP contribution in [-0.4, -0.2) is 88.5 Å². The highest BCUT2D eigenvalue weighted by atomic mass is 16.5. The second-order valence-electron chi connectivity index (χ2n) is 6.00. The molecule has 0 aromatic rings. The van der Waals surface area contributed by atoms with Crippen LogP contribution >= 0.6 is 0 Å². The standard InChI is InChI=1S/C15H29N3O3/c1-17-6-3-4-13(14(17)12-20-2)15(19)16-5-7-18-8-10-21-11-9-18/h13-14H,3-12H2,1-2H3,(H,16,19)/t13-,14-/m1/s1. The number of nitrogens with one attached hydrogen (secondary N) is 1. The van der Waals surface area contributed by atoms with Gasteiger partial charge in [-0.25, -0.2) is 0 Å². The third-order valence-corrected chi connectivity index (χ3v) is 4.56. The lowest BCUT2D eigenvalue weighted by atomic mass is 9.89. The van der Waals surface area contributed by atoms with Crippen molar-refractivity contribution in [2.24, 2.45) is 5.92 Å². The first-order chi connectivity index (χ1) is 10.2. The molecule has 6 heteroatoms. The summed E-state index contributed by atoms with van der Waals surface area (Å²) in [6.45, 7) is 6.84. The lowest BCUT2D eigenvalue weighted by molar-refractivity contribution is -0.129. The molecule has 2 heterocycles. The fraction of sp³-hybridized carbons (Fsp3) is 0.933. The zero-order valence-electron chi connectivity index (χ0n) is 13.3. The van der Waals surface area contributed by atoms with Gasteiger partial charge in [-0.15, -0.1) is 0 Å². The number of carbonyl (C=O) groups excluding carboxylic acids is 1. The Balaban J connectivity index is 1.75. The number of hydrogen-bond acceptors (Lipinski definition) is 5. The topological polar surface area (TPSA) is 54.0 Å². The monoisotopic (exact) mass is 299 g/mol. The Morgan fingerprint density at radius 1 is 1.33 bits per heavy atom. The van der Waals surface area contributed by atoms with E-state index in [0.29, 0.717) is 6.61 Å². The number of amides is 1. The van der Waals surface area contributed by atoms with E-state index in [4.69, 9.17) is 9.47 Å². The van der Waals surface area contributed by atoms with Gasteiger partial charge in [0, 0.05) is 39.3 Å². The lowest BCUT2D eigenvalue weighted by Gasteiger charge is -2.38. The third-order valence-electron chi connectivity index (χ3n) is 4.56. The van der Waals surface area contributed by atoms with Gasteiger partial charge in [0.2, 0.25) is 5.91 Å². The molecule has 0 aromatic carbocycles. The van der Waals surface area contributed by atoms with Crippen LogP contribution in [0.2, 0.25) is 0 Å². The molecule has 0 aliphatic carbocycles. The minimum Gasteiger partial charge on any atom is -0.383 e. The minimum absolute atomic E-state index is 0.0494. The number of likely N-dealkylation sites (N-methyl/N-ethyl adjacent to an activating group) is 1. The van der Waals surface area contributed by atoms with E-state index in [1.807, 2.05) is 0 Å². The Bertz CT molecular complexity index is 321. The molecule has 2 saturated heterocycles. The second kappa shape index (κ2) is 8.68. The predicted molar refractivity (Wildman–Crippen MR) is 81.3 cm³/mol. The number of likely N-dealkylation sites (tertiary alicyclic amines) is 1. The van der Waals surface area contributed by atoms with Gasteiger partial charge in [0.15, 0.2) is 0 Å². The first kappa shape index (κ1) is 16.7. The molecule has 0 unspecified atom stereocenters. The van der Waals surface area contributed by atoms with Gasteiger partial charge >= 0.3 is 0 Å². The minimum atomic E-state index is 0.0494. The van der Waals surface area contributed by atoms with Crippen molar-refractivity contribution in [2.45, 2.75) is 18.9 Å². The zero-order valence-corrected chi connectivity index (χ0v) is 13.3. The van der Waals surface area contributed by atoms with Crippen LogP contribution in [0.5, 0.6) is 0 Å². The van der Waals surface area contributed by atoms with Crippen LogP contribution in [0.4, 0.5) is 0 Å². The molecule has 6 nitrogen and oxygen atoms in total. The van der Waals surface area contributed by atoms with Crippen LogP contribution in [0.1, 0.15) is 12.8 Å². The zero-order chi connectivity index (χ0) is 15.1. The Hall–Kier alpha value is -0.690. The Morgan fingerprint density at radius 3 is 2.81 bits per heavy atom. The highest BCUT2D eigenvalue weighted by Gasteiger charge is 2.34. The summed E-state index contributed by atoms with van der Waals surface area (Å²) in [5, 5.41) is 3.10. The first-order valence-electron chi connectivity index (χ1n) is 7.99. The average molecular weight is 299 g/mol. The highest BCUT2D eigenvalue weighted by molar-refractivity contribution is 5.79. The van der Waals surface area contributed by atoms with Gasteiger partial charge < -0.3 is 19.7 Å². The number of hydrogen-bond donors (Lipinski definition) is 1. The van der Waals surface area contributed by atoms with Gasteiger partial charge in [-0.2, -0.15) is 0 Å². The van der Waals surface area contributed by atoms with Gasteiger partial charge in [0.25, 0.3) is 0 Å². The van der Waals surface area contributed by atoms with Crippen molar-refractivity contribution in [1.82, 2.24) is 15.1 Å². The van der Waals surface area contributed by atoms with E-state index >= 15 is 0 Å². The molecule has 0 aromatic heterocycles. The molecule has 2 aliphatic rings. The fourth-order valence-corrected chi connectivity index (χ4v) is 3.24. The van der Waals surface area contributed by atoms with Gasteiger partial charge in [0.05, 0.1) is 25.7 Å². The van der Waals surface area contributed by atoms with E-state index in [0.717, 1.165) is 58.8 Å². The molecule has 0 radical (unpaired) electrons. The van der Waals surface area contributed by atoms with Crippen molar-refractivity contribution in [1.29, 1.82) is 0 Å². The molecule has 21 heavy (non-hydrogen) atoms. The number of methoxy groups -OCH3 is 1.